The summed E-state index contributed by atoms with van der Waals surface area (Å²) in [5.74, 6) is 1.63. The van der Waals surface area contributed by atoms with Crippen LogP contribution in [0.4, 0.5) is 0 Å². The minimum Gasteiger partial charge on any atom is -0.391 e. The summed E-state index contributed by atoms with van der Waals surface area (Å²) in [6.45, 7) is 1.32. The van der Waals surface area contributed by atoms with Gasteiger partial charge in [0.15, 0.2) is 0 Å². The van der Waals surface area contributed by atoms with Crippen LogP contribution < -0.4 is 5.32 Å². The van der Waals surface area contributed by atoms with Gasteiger partial charge < -0.3 is 10.4 Å². The first-order valence-corrected chi connectivity index (χ1v) is 6.26. The molecule has 17 heavy (non-hydrogen) atoms. The smallest absolute Gasteiger partial charge is 0.235 e. The van der Waals surface area contributed by atoms with Gasteiger partial charge in [-0.1, -0.05) is 0 Å². The summed E-state index contributed by atoms with van der Waals surface area (Å²) in [6.07, 6.45) is 2.01. The van der Waals surface area contributed by atoms with Crippen LogP contribution in [0.15, 0.2) is 0 Å². The number of hydrogen-bond acceptors (Lipinski definition) is 4. The van der Waals surface area contributed by atoms with E-state index in [1.165, 1.54) is 0 Å². The first kappa shape index (κ1) is 11.0. The fourth-order valence-corrected chi connectivity index (χ4v) is 4.10. The molecule has 0 spiro atoms. The van der Waals surface area contributed by atoms with E-state index in [-0.39, 0.29) is 24.6 Å². The number of carbonyl (C=O) groups excluding carboxylic acids is 1. The lowest BCUT2D eigenvalue weighted by atomic mass is 9.88. The maximum absolute atomic E-state index is 11.6. The Morgan fingerprint density at radius 1 is 1.47 bits per heavy atom. The number of aliphatic hydroxyl groups excluding tert-OH is 1. The zero-order valence-corrected chi connectivity index (χ0v) is 9.67. The molecule has 5 nitrogen and oxygen atoms in total. The van der Waals surface area contributed by atoms with Crippen LogP contribution in [0.25, 0.3) is 0 Å². The highest BCUT2D eigenvalue weighted by Crippen LogP contribution is 2.54. The van der Waals surface area contributed by atoms with Crippen molar-refractivity contribution in [2.45, 2.75) is 25.0 Å². The summed E-state index contributed by atoms with van der Waals surface area (Å²) < 4.78 is 0. The second-order valence-electron chi connectivity index (χ2n) is 5.50. The summed E-state index contributed by atoms with van der Waals surface area (Å²) in [5.41, 5.74) is 0. The van der Waals surface area contributed by atoms with Gasteiger partial charge in [0.1, 0.15) is 6.54 Å². The Balaban J connectivity index is 1.63. The Morgan fingerprint density at radius 3 is 3.00 bits per heavy atom. The van der Waals surface area contributed by atoms with Crippen molar-refractivity contribution >= 4 is 5.91 Å². The summed E-state index contributed by atoms with van der Waals surface area (Å²) in [6, 6.07) is 2.08. The zero-order valence-electron chi connectivity index (χ0n) is 9.67. The molecule has 3 fully saturated rings. The van der Waals surface area contributed by atoms with Crippen molar-refractivity contribution < 1.29 is 9.90 Å². The van der Waals surface area contributed by atoms with Crippen molar-refractivity contribution in [2.75, 3.05) is 19.6 Å². The van der Waals surface area contributed by atoms with E-state index >= 15 is 0 Å². The van der Waals surface area contributed by atoms with Crippen LogP contribution in [0, 0.1) is 29.1 Å². The van der Waals surface area contributed by atoms with E-state index in [9.17, 15) is 9.90 Å². The maximum atomic E-state index is 11.6. The zero-order chi connectivity index (χ0) is 12.0. The minimum atomic E-state index is -0.248. The van der Waals surface area contributed by atoms with Crippen molar-refractivity contribution in [3.8, 4) is 6.07 Å². The molecular weight excluding hydrogens is 218 g/mol. The fourth-order valence-electron chi connectivity index (χ4n) is 4.10. The molecule has 2 N–H and O–H groups in total. The molecule has 5 heteroatoms. The Bertz CT molecular complexity index is 376. The molecule has 5 atom stereocenters. The van der Waals surface area contributed by atoms with Crippen molar-refractivity contribution in [3.05, 3.63) is 0 Å². The van der Waals surface area contributed by atoms with Crippen molar-refractivity contribution in [3.63, 3.8) is 0 Å². The summed E-state index contributed by atoms with van der Waals surface area (Å²) in [4.78, 5) is 13.7. The third kappa shape index (κ3) is 1.63. The summed E-state index contributed by atoms with van der Waals surface area (Å²) in [7, 11) is 0. The molecule has 0 aromatic carbocycles. The first-order chi connectivity index (χ1) is 8.20. The van der Waals surface area contributed by atoms with E-state index in [1.807, 2.05) is 6.07 Å². The normalized spacial score (nSPS) is 42.7. The minimum absolute atomic E-state index is 0.0649. The van der Waals surface area contributed by atoms with E-state index in [1.54, 1.807) is 0 Å². The highest BCUT2D eigenvalue weighted by atomic mass is 16.3. The van der Waals surface area contributed by atoms with Gasteiger partial charge in [0, 0.05) is 12.6 Å². The average molecular weight is 235 g/mol. The third-order valence-corrected chi connectivity index (χ3v) is 4.66. The van der Waals surface area contributed by atoms with E-state index in [2.05, 4.69) is 10.2 Å². The van der Waals surface area contributed by atoms with Crippen molar-refractivity contribution in [1.82, 2.24) is 10.2 Å². The third-order valence-electron chi connectivity index (χ3n) is 4.66. The number of nitrogens with zero attached hydrogens (tertiary/aromatic N) is 2. The molecule has 5 unspecified atom stereocenters. The van der Waals surface area contributed by atoms with Gasteiger partial charge in [0.2, 0.25) is 5.91 Å². The van der Waals surface area contributed by atoms with Crippen LogP contribution in [0.3, 0.4) is 0 Å². The molecule has 0 aromatic heterocycles. The molecule has 3 rings (SSSR count). The molecule has 1 saturated heterocycles. The van der Waals surface area contributed by atoms with Gasteiger partial charge in [-0.15, -0.1) is 0 Å². The molecule has 0 radical (unpaired) electrons. The molecular formula is C12H17N3O2. The SMILES string of the molecule is N#CCNC(=O)CN1CC2CC3CC2C1C3O. The Kier molecular flexibility index (Phi) is 2.57. The summed E-state index contributed by atoms with van der Waals surface area (Å²) >= 11 is 0. The van der Waals surface area contributed by atoms with Crippen molar-refractivity contribution in [1.29, 1.82) is 5.26 Å². The lowest BCUT2D eigenvalue weighted by molar-refractivity contribution is -0.122. The van der Waals surface area contributed by atoms with E-state index in [0.29, 0.717) is 24.3 Å². The van der Waals surface area contributed by atoms with Gasteiger partial charge in [-0.2, -0.15) is 5.26 Å². The molecule has 0 aromatic rings. The Hall–Kier alpha value is -1.12. The number of carbonyl (C=O) groups is 1. The van der Waals surface area contributed by atoms with Crippen LogP contribution in [-0.4, -0.2) is 47.7 Å². The van der Waals surface area contributed by atoms with E-state index < -0.39 is 0 Å². The molecule has 1 amide bonds. The van der Waals surface area contributed by atoms with Gasteiger partial charge in [0.25, 0.3) is 0 Å². The first-order valence-electron chi connectivity index (χ1n) is 6.26. The molecule has 1 heterocycles. The molecule has 2 bridgehead atoms. The second kappa shape index (κ2) is 3.97. The standard InChI is InChI=1S/C12H17N3O2/c13-1-2-14-10(16)6-15-5-8-3-7-4-9(8)11(15)12(7)17/h7-9,11-12,17H,2-6H2,(H,14,16). The highest BCUT2D eigenvalue weighted by Gasteiger charge is 2.58. The van der Waals surface area contributed by atoms with Gasteiger partial charge in [0.05, 0.1) is 18.7 Å². The van der Waals surface area contributed by atoms with Crippen LogP contribution in [0.5, 0.6) is 0 Å². The quantitative estimate of drug-likeness (QED) is 0.636. The number of likely N-dealkylation sites (tertiary alicyclic amines) is 1. The van der Waals surface area contributed by atoms with Crippen LogP contribution in [0.1, 0.15) is 12.8 Å². The lowest BCUT2D eigenvalue weighted by Gasteiger charge is -2.28. The van der Waals surface area contributed by atoms with Gasteiger partial charge in [-0.3, -0.25) is 9.69 Å². The van der Waals surface area contributed by atoms with Crippen molar-refractivity contribution in [2.24, 2.45) is 17.8 Å². The highest BCUT2D eigenvalue weighted by molar-refractivity contribution is 5.78. The average Bonchev–Trinajstić information content (AvgIpc) is 2.88. The number of amides is 1. The van der Waals surface area contributed by atoms with Crippen LogP contribution in [-0.2, 0) is 4.79 Å². The number of nitrogens with one attached hydrogen (secondary N) is 1. The summed E-state index contributed by atoms with van der Waals surface area (Å²) in [5, 5.41) is 21.1. The number of rotatable bonds is 3. The van der Waals surface area contributed by atoms with E-state index in [0.717, 1.165) is 19.4 Å². The second-order valence-corrected chi connectivity index (χ2v) is 5.50. The number of nitriles is 1. The van der Waals surface area contributed by atoms with Gasteiger partial charge in [-0.25, -0.2) is 0 Å². The Morgan fingerprint density at radius 2 is 2.29 bits per heavy atom. The molecule has 3 aliphatic rings. The molecule has 2 saturated carbocycles. The van der Waals surface area contributed by atoms with Crippen LogP contribution in [0.2, 0.25) is 0 Å². The molecule has 92 valence electrons. The number of fused-ring (bicyclic) bond motifs is 1. The fraction of sp³-hybridized carbons (Fsp3) is 0.833. The molecule has 2 aliphatic carbocycles. The number of aliphatic hydroxyl groups is 1. The lowest BCUT2D eigenvalue weighted by Crippen LogP contribution is -2.45. The van der Waals surface area contributed by atoms with Crippen LogP contribution >= 0.6 is 0 Å². The predicted molar refractivity (Wildman–Crippen MR) is 59.7 cm³/mol. The predicted octanol–water partition coefficient (Wildman–Crippen LogP) is -0.673. The monoisotopic (exact) mass is 235 g/mol. The maximum Gasteiger partial charge on any atom is 0.235 e. The van der Waals surface area contributed by atoms with Gasteiger partial charge >= 0.3 is 0 Å². The molecule has 1 aliphatic heterocycles. The Labute approximate surface area is 100 Å². The number of hydrogen-bond donors (Lipinski definition) is 2. The topological polar surface area (TPSA) is 76.4 Å². The van der Waals surface area contributed by atoms with E-state index in [4.69, 9.17) is 5.26 Å². The van der Waals surface area contributed by atoms with Gasteiger partial charge in [-0.05, 0) is 30.6 Å². The largest absolute Gasteiger partial charge is 0.391 e.